The smallest absolute Gasteiger partial charge is 0.0484 e. The molecule has 5 aromatic carbocycles. The number of halogens is 1. The van der Waals surface area contributed by atoms with Gasteiger partial charge in [0, 0.05) is 10.6 Å². The first-order valence-electron chi connectivity index (χ1n) is 10.4. The summed E-state index contributed by atoms with van der Waals surface area (Å²) in [6.07, 6.45) is 0. The SMILES string of the molecule is Clc1ccccc1-c1ccc(-c2ccccc2)cc1-c1ccccc1-c1ccccc1. The monoisotopic (exact) mass is 416 g/mol. The summed E-state index contributed by atoms with van der Waals surface area (Å²) in [5.41, 5.74) is 9.35. The van der Waals surface area contributed by atoms with Crippen molar-refractivity contribution in [3.63, 3.8) is 0 Å². The quantitative estimate of drug-likeness (QED) is 0.274. The third-order valence-electron chi connectivity index (χ3n) is 5.59. The summed E-state index contributed by atoms with van der Waals surface area (Å²) in [6.45, 7) is 0. The standard InChI is InChI=1S/C30H21Cl/c31-30-18-10-9-17-28(30)27-20-19-24(22-11-3-1-4-12-22)21-29(27)26-16-8-7-15-25(26)23-13-5-2-6-14-23/h1-21H. The molecular weight excluding hydrogens is 396 g/mol. The summed E-state index contributed by atoms with van der Waals surface area (Å²) < 4.78 is 0. The second-order valence-electron chi connectivity index (χ2n) is 7.52. The zero-order valence-corrected chi connectivity index (χ0v) is 17.8. The van der Waals surface area contributed by atoms with E-state index in [-0.39, 0.29) is 0 Å². The van der Waals surface area contributed by atoms with Crippen molar-refractivity contribution in [3.8, 4) is 44.5 Å². The van der Waals surface area contributed by atoms with Crippen LogP contribution in [0.25, 0.3) is 44.5 Å². The summed E-state index contributed by atoms with van der Waals surface area (Å²) in [5, 5.41) is 0.758. The molecule has 0 nitrogen and oxygen atoms in total. The Bertz CT molecular complexity index is 1320. The second-order valence-corrected chi connectivity index (χ2v) is 7.93. The highest BCUT2D eigenvalue weighted by Crippen LogP contribution is 2.41. The zero-order valence-electron chi connectivity index (χ0n) is 17.0. The van der Waals surface area contributed by atoms with Crippen LogP contribution in [0.15, 0.2) is 127 Å². The van der Waals surface area contributed by atoms with Crippen LogP contribution in [-0.2, 0) is 0 Å². The van der Waals surface area contributed by atoms with Crippen LogP contribution in [0.3, 0.4) is 0 Å². The molecule has 0 radical (unpaired) electrons. The molecule has 0 unspecified atom stereocenters. The third-order valence-corrected chi connectivity index (χ3v) is 5.92. The Morgan fingerprint density at radius 1 is 0.323 bits per heavy atom. The van der Waals surface area contributed by atoms with E-state index in [1.165, 1.54) is 33.4 Å². The fourth-order valence-electron chi connectivity index (χ4n) is 4.08. The Balaban J connectivity index is 1.79. The van der Waals surface area contributed by atoms with Crippen LogP contribution in [0.1, 0.15) is 0 Å². The van der Waals surface area contributed by atoms with Gasteiger partial charge in [-0.25, -0.2) is 0 Å². The minimum Gasteiger partial charge on any atom is -0.0837 e. The van der Waals surface area contributed by atoms with Crippen molar-refractivity contribution in [3.05, 3.63) is 132 Å². The molecule has 0 atom stereocenters. The van der Waals surface area contributed by atoms with Gasteiger partial charge in [-0.2, -0.15) is 0 Å². The predicted octanol–water partition coefficient (Wildman–Crippen LogP) is 9.01. The van der Waals surface area contributed by atoms with Crippen LogP contribution < -0.4 is 0 Å². The molecule has 0 aliphatic carbocycles. The summed E-state index contributed by atoms with van der Waals surface area (Å²) in [5.74, 6) is 0. The number of hydrogen-bond donors (Lipinski definition) is 0. The van der Waals surface area contributed by atoms with Crippen LogP contribution in [-0.4, -0.2) is 0 Å². The fourth-order valence-corrected chi connectivity index (χ4v) is 4.32. The van der Waals surface area contributed by atoms with Gasteiger partial charge in [0.2, 0.25) is 0 Å². The third kappa shape index (κ3) is 3.91. The first-order chi connectivity index (χ1) is 15.3. The van der Waals surface area contributed by atoms with E-state index in [1.807, 2.05) is 24.3 Å². The maximum absolute atomic E-state index is 6.63. The number of hydrogen-bond acceptors (Lipinski definition) is 0. The molecule has 0 fully saturated rings. The largest absolute Gasteiger partial charge is 0.0837 e. The molecule has 5 aromatic rings. The highest BCUT2D eigenvalue weighted by molar-refractivity contribution is 6.33. The Labute approximate surface area is 188 Å². The highest BCUT2D eigenvalue weighted by atomic mass is 35.5. The van der Waals surface area contributed by atoms with Gasteiger partial charge < -0.3 is 0 Å². The molecular formula is C30H21Cl. The van der Waals surface area contributed by atoms with E-state index < -0.39 is 0 Å². The molecule has 1 heteroatoms. The van der Waals surface area contributed by atoms with Gasteiger partial charge in [-0.05, 0) is 51.1 Å². The van der Waals surface area contributed by atoms with Gasteiger partial charge in [0.25, 0.3) is 0 Å². The van der Waals surface area contributed by atoms with Crippen LogP contribution in [0.5, 0.6) is 0 Å². The lowest BCUT2D eigenvalue weighted by molar-refractivity contribution is 1.55. The maximum atomic E-state index is 6.63. The molecule has 0 aliphatic heterocycles. The van der Waals surface area contributed by atoms with Crippen molar-refractivity contribution < 1.29 is 0 Å². The van der Waals surface area contributed by atoms with Gasteiger partial charge >= 0.3 is 0 Å². The molecule has 0 saturated heterocycles. The van der Waals surface area contributed by atoms with Crippen LogP contribution in [0, 0.1) is 0 Å². The first kappa shape index (κ1) is 19.4. The minimum atomic E-state index is 0.758. The van der Waals surface area contributed by atoms with Crippen molar-refractivity contribution in [2.24, 2.45) is 0 Å². The molecule has 0 bridgehead atoms. The Hall–Kier alpha value is -3.61. The number of benzene rings is 5. The number of rotatable bonds is 4. The van der Waals surface area contributed by atoms with Gasteiger partial charge in [-0.1, -0.05) is 127 Å². The molecule has 0 amide bonds. The molecule has 0 heterocycles. The summed E-state index contributed by atoms with van der Waals surface area (Å²) in [7, 11) is 0. The molecule has 5 rings (SSSR count). The summed E-state index contributed by atoms with van der Waals surface area (Å²) in [6, 6.07) is 44.4. The predicted molar refractivity (Wildman–Crippen MR) is 133 cm³/mol. The van der Waals surface area contributed by atoms with Crippen LogP contribution >= 0.6 is 11.6 Å². The molecule has 0 saturated carbocycles. The Morgan fingerprint density at radius 2 is 0.839 bits per heavy atom. The van der Waals surface area contributed by atoms with Crippen molar-refractivity contribution in [1.82, 2.24) is 0 Å². The summed E-state index contributed by atoms with van der Waals surface area (Å²) in [4.78, 5) is 0. The van der Waals surface area contributed by atoms with Crippen molar-refractivity contribution in [1.29, 1.82) is 0 Å². The lowest BCUT2D eigenvalue weighted by Crippen LogP contribution is -1.91. The Morgan fingerprint density at radius 3 is 1.52 bits per heavy atom. The molecule has 148 valence electrons. The van der Waals surface area contributed by atoms with E-state index in [4.69, 9.17) is 11.6 Å². The summed E-state index contributed by atoms with van der Waals surface area (Å²) >= 11 is 6.63. The first-order valence-corrected chi connectivity index (χ1v) is 10.8. The van der Waals surface area contributed by atoms with E-state index >= 15 is 0 Å². The van der Waals surface area contributed by atoms with Gasteiger partial charge in [-0.3, -0.25) is 0 Å². The normalized spacial score (nSPS) is 10.7. The van der Waals surface area contributed by atoms with Crippen molar-refractivity contribution >= 4 is 11.6 Å². The van der Waals surface area contributed by atoms with Crippen LogP contribution in [0.4, 0.5) is 0 Å². The minimum absolute atomic E-state index is 0.758. The highest BCUT2D eigenvalue weighted by Gasteiger charge is 2.15. The van der Waals surface area contributed by atoms with E-state index in [0.717, 1.165) is 16.1 Å². The molecule has 0 spiro atoms. The fraction of sp³-hybridized carbons (Fsp3) is 0. The van der Waals surface area contributed by atoms with E-state index in [2.05, 4.69) is 103 Å². The van der Waals surface area contributed by atoms with Crippen molar-refractivity contribution in [2.75, 3.05) is 0 Å². The lowest BCUT2D eigenvalue weighted by Gasteiger charge is -2.17. The zero-order chi connectivity index (χ0) is 21.0. The Kier molecular flexibility index (Phi) is 5.39. The molecule has 0 N–H and O–H groups in total. The lowest BCUT2D eigenvalue weighted by atomic mass is 9.87. The van der Waals surface area contributed by atoms with Gasteiger partial charge in [0.15, 0.2) is 0 Å². The van der Waals surface area contributed by atoms with Gasteiger partial charge in [0.1, 0.15) is 0 Å². The molecule has 31 heavy (non-hydrogen) atoms. The van der Waals surface area contributed by atoms with Gasteiger partial charge in [-0.15, -0.1) is 0 Å². The maximum Gasteiger partial charge on any atom is 0.0484 e. The van der Waals surface area contributed by atoms with Gasteiger partial charge in [0.05, 0.1) is 0 Å². The van der Waals surface area contributed by atoms with E-state index in [0.29, 0.717) is 0 Å². The topological polar surface area (TPSA) is 0 Å². The average molecular weight is 417 g/mol. The average Bonchev–Trinajstić information content (AvgIpc) is 2.85. The van der Waals surface area contributed by atoms with Crippen molar-refractivity contribution in [2.45, 2.75) is 0 Å². The molecule has 0 aromatic heterocycles. The van der Waals surface area contributed by atoms with E-state index in [1.54, 1.807) is 0 Å². The molecule has 0 aliphatic rings. The van der Waals surface area contributed by atoms with Crippen LogP contribution in [0.2, 0.25) is 5.02 Å². The van der Waals surface area contributed by atoms with E-state index in [9.17, 15) is 0 Å². The second kappa shape index (κ2) is 8.63.